The van der Waals surface area contributed by atoms with E-state index in [4.69, 9.17) is 4.74 Å². The molecule has 0 aliphatic carbocycles. The van der Waals surface area contributed by atoms with Crippen molar-refractivity contribution in [2.75, 3.05) is 26.7 Å². The zero-order valence-corrected chi connectivity index (χ0v) is 12.6. The summed E-state index contributed by atoms with van der Waals surface area (Å²) in [5.41, 5.74) is -0.239. The van der Waals surface area contributed by atoms with Gasteiger partial charge in [0, 0.05) is 25.7 Å². The zero-order chi connectivity index (χ0) is 15.0. The van der Waals surface area contributed by atoms with Gasteiger partial charge in [0.1, 0.15) is 0 Å². The lowest BCUT2D eigenvalue weighted by Crippen LogP contribution is -2.67. The molecule has 0 aromatic rings. The van der Waals surface area contributed by atoms with Crippen LogP contribution < -0.4 is 0 Å². The fourth-order valence-electron chi connectivity index (χ4n) is 3.34. The third-order valence-corrected chi connectivity index (χ3v) is 4.41. The van der Waals surface area contributed by atoms with Crippen molar-refractivity contribution >= 4 is 11.8 Å². The standard InChI is InChI=1S/C15H24N2O3/c1-5-12(18)16(4)10-13(19)17-8-6-15(17)7-9-20-14(2,3)11-15/h5H,1,6-11H2,2-4H3. The molecule has 1 unspecified atom stereocenters. The highest BCUT2D eigenvalue weighted by molar-refractivity contribution is 5.91. The minimum Gasteiger partial charge on any atom is -0.375 e. The van der Waals surface area contributed by atoms with Gasteiger partial charge in [-0.2, -0.15) is 0 Å². The van der Waals surface area contributed by atoms with Crippen molar-refractivity contribution in [3.63, 3.8) is 0 Å². The van der Waals surface area contributed by atoms with E-state index in [1.165, 1.54) is 11.0 Å². The summed E-state index contributed by atoms with van der Waals surface area (Å²) in [7, 11) is 1.63. The van der Waals surface area contributed by atoms with Gasteiger partial charge in [-0.05, 0) is 39.2 Å². The number of carbonyl (C=O) groups excluding carboxylic acids is 2. The average molecular weight is 280 g/mol. The largest absolute Gasteiger partial charge is 0.375 e. The van der Waals surface area contributed by atoms with Crippen LogP contribution in [0.1, 0.15) is 33.1 Å². The van der Waals surface area contributed by atoms with Gasteiger partial charge in [0.15, 0.2) is 0 Å². The highest BCUT2D eigenvalue weighted by Gasteiger charge is 2.52. The van der Waals surface area contributed by atoms with E-state index in [1.54, 1.807) is 7.05 Å². The van der Waals surface area contributed by atoms with E-state index in [-0.39, 0.29) is 29.5 Å². The highest BCUT2D eigenvalue weighted by atomic mass is 16.5. The Morgan fingerprint density at radius 3 is 2.60 bits per heavy atom. The van der Waals surface area contributed by atoms with Gasteiger partial charge in [-0.1, -0.05) is 6.58 Å². The molecule has 2 fully saturated rings. The van der Waals surface area contributed by atoms with E-state index in [0.29, 0.717) is 6.61 Å². The summed E-state index contributed by atoms with van der Waals surface area (Å²) in [6.07, 6.45) is 4.02. The molecule has 5 heteroatoms. The Kier molecular flexibility index (Phi) is 3.91. The Morgan fingerprint density at radius 2 is 2.10 bits per heavy atom. The second kappa shape index (κ2) is 5.20. The molecule has 2 amide bonds. The van der Waals surface area contributed by atoms with Crippen LogP contribution in [0, 0.1) is 0 Å². The normalized spacial score (nSPS) is 27.9. The van der Waals surface area contributed by atoms with Crippen molar-refractivity contribution in [1.29, 1.82) is 0 Å². The van der Waals surface area contributed by atoms with Crippen molar-refractivity contribution in [3.05, 3.63) is 12.7 Å². The van der Waals surface area contributed by atoms with E-state index in [2.05, 4.69) is 20.4 Å². The number of carbonyl (C=O) groups is 2. The van der Waals surface area contributed by atoms with Gasteiger partial charge in [0.05, 0.1) is 12.1 Å². The maximum absolute atomic E-state index is 12.4. The molecule has 2 rings (SSSR count). The van der Waals surface area contributed by atoms with Crippen LogP contribution in [0.15, 0.2) is 12.7 Å². The van der Waals surface area contributed by atoms with Crippen molar-refractivity contribution < 1.29 is 14.3 Å². The van der Waals surface area contributed by atoms with Crippen LogP contribution in [0.25, 0.3) is 0 Å². The molecule has 20 heavy (non-hydrogen) atoms. The third-order valence-electron chi connectivity index (χ3n) is 4.41. The maximum Gasteiger partial charge on any atom is 0.246 e. The molecule has 0 aromatic heterocycles. The van der Waals surface area contributed by atoms with Crippen molar-refractivity contribution in [3.8, 4) is 0 Å². The predicted octanol–water partition coefficient (Wildman–Crippen LogP) is 1.19. The first kappa shape index (κ1) is 15.0. The summed E-state index contributed by atoms with van der Waals surface area (Å²) in [5.74, 6) is -0.202. The fraction of sp³-hybridized carbons (Fsp3) is 0.733. The molecule has 0 aromatic carbocycles. The molecular weight excluding hydrogens is 256 g/mol. The maximum atomic E-state index is 12.4. The quantitative estimate of drug-likeness (QED) is 0.730. The SMILES string of the molecule is C=CC(=O)N(C)CC(=O)N1CCC12CCOC(C)(C)C2. The summed E-state index contributed by atoms with van der Waals surface area (Å²) in [4.78, 5) is 27.2. The van der Waals surface area contributed by atoms with Crippen LogP contribution in [0.3, 0.4) is 0 Å². The Labute approximate surface area is 120 Å². The van der Waals surface area contributed by atoms with Gasteiger partial charge in [-0.25, -0.2) is 0 Å². The number of hydrogen-bond donors (Lipinski definition) is 0. The second-order valence-electron chi connectivity index (χ2n) is 6.45. The highest BCUT2D eigenvalue weighted by Crippen LogP contribution is 2.44. The molecular formula is C15H24N2O3. The topological polar surface area (TPSA) is 49.9 Å². The lowest BCUT2D eigenvalue weighted by Gasteiger charge is -2.58. The number of hydrogen-bond acceptors (Lipinski definition) is 3. The molecule has 0 N–H and O–H groups in total. The molecule has 2 heterocycles. The molecule has 2 saturated heterocycles. The van der Waals surface area contributed by atoms with E-state index < -0.39 is 0 Å². The predicted molar refractivity (Wildman–Crippen MR) is 76.2 cm³/mol. The summed E-state index contributed by atoms with van der Waals surface area (Å²) in [6.45, 7) is 9.18. The van der Waals surface area contributed by atoms with E-state index in [0.717, 1.165) is 25.8 Å². The smallest absolute Gasteiger partial charge is 0.246 e. The van der Waals surface area contributed by atoms with Gasteiger partial charge in [-0.15, -0.1) is 0 Å². The van der Waals surface area contributed by atoms with Gasteiger partial charge >= 0.3 is 0 Å². The van der Waals surface area contributed by atoms with E-state index in [9.17, 15) is 9.59 Å². The summed E-state index contributed by atoms with van der Waals surface area (Å²) >= 11 is 0. The minimum atomic E-state index is -0.222. The number of likely N-dealkylation sites (N-methyl/N-ethyl adjacent to an activating group) is 1. The van der Waals surface area contributed by atoms with Gasteiger partial charge in [0.2, 0.25) is 11.8 Å². The lowest BCUT2D eigenvalue weighted by molar-refractivity contribution is -0.176. The van der Waals surface area contributed by atoms with Gasteiger partial charge in [-0.3, -0.25) is 9.59 Å². The second-order valence-corrected chi connectivity index (χ2v) is 6.45. The molecule has 2 aliphatic rings. The Bertz CT molecular complexity index is 433. The van der Waals surface area contributed by atoms with Crippen LogP contribution in [0.4, 0.5) is 0 Å². The van der Waals surface area contributed by atoms with Crippen molar-refractivity contribution in [2.45, 2.75) is 44.2 Å². The number of ether oxygens (including phenoxy) is 1. The first-order valence-electron chi connectivity index (χ1n) is 7.12. The molecule has 2 aliphatic heterocycles. The van der Waals surface area contributed by atoms with Gasteiger partial charge in [0.25, 0.3) is 0 Å². The van der Waals surface area contributed by atoms with Crippen LogP contribution in [-0.2, 0) is 14.3 Å². The molecule has 0 radical (unpaired) electrons. The fourth-order valence-corrected chi connectivity index (χ4v) is 3.34. The molecule has 5 nitrogen and oxygen atoms in total. The van der Waals surface area contributed by atoms with Crippen LogP contribution in [0.2, 0.25) is 0 Å². The monoisotopic (exact) mass is 280 g/mol. The summed E-state index contributed by atoms with van der Waals surface area (Å²) in [5, 5.41) is 0. The summed E-state index contributed by atoms with van der Waals surface area (Å²) < 4.78 is 5.75. The molecule has 112 valence electrons. The zero-order valence-electron chi connectivity index (χ0n) is 12.6. The van der Waals surface area contributed by atoms with Gasteiger partial charge < -0.3 is 14.5 Å². The number of rotatable bonds is 3. The first-order chi connectivity index (χ1) is 9.30. The third kappa shape index (κ3) is 2.73. The lowest BCUT2D eigenvalue weighted by atomic mass is 9.72. The van der Waals surface area contributed by atoms with Crippen molar-refractivity contribution in [2.24, 2.45) is 0 Å². The molecule has 1 atom stereocenters. The first-order valence-corrected chi connectivity index (χ1v) is 7.12. The Balaban J connectivity index is 2.01. The van der Waals surface area contributed by atoms with E-state index in [1.807, 2.05) is 4.90 Å². The summed E-state index contributed by atoms with van der Waals surface area (Å²) in [6, 6.07) is 0. The Morgan fingerprint density at radius 1 is 1.40 bits per heavy atom. The number of nitrogens with zero attached hydrogens (tertiary/aromatic N) is 2. The van der Waals surface area contributed by atoms with Crippen molar-refractivity contribution in [1.82, 2.24) is 9.80 Å². The average Bonchev–Trinajstić information content (AvgIpc) is 2.35. The van der Waals surface area contributed by atoms with Crippen LogP contribution in [-0.4, -0.2) is 59.5 Å². The molecule has 1 spiro atoms. The number of likely N-dealkylation sites (tertiary alicyclic amines) is 1. The minimum absolute atomic E-state index is 0.0200. The van der Waals surface area contributed by atoms with Crippen LogP contribution >= 0.6 is 0 Å². The Hall–Kier alpha value is -1.36. The van der Waals surface area contributed by atoms with Crippen LogP contribution in [0.5, 0.6) is 0 Å². The van der Waals surface area contributed by atoms with E-state index >= 15 is 0 Å². The molecule has 0 bridgehead atoms. The molecule has 0 saturated carbocycles. The number of amides is 2.